The van der Waals surface area contributed by atoms with Crippen molar-refractivity contribution >= 4 is 5.91 Å². The first-order valence-electron chi connectivity index (χ1n) is 6.12. The lowest BCUT2D eigenvalue weighted by Crippen LogP contribution is -2.48. The second kappa shape index (κ2) is 5.50. The molecular formula is C12H17N3O4. The third-order valence-electron chi connectivity index (χ3n) is 3.31. The first kappa shape index (κ1) is 13.7. The molecule has 0 radical (unpaired) electrons. The van der Waals surface area contributed by atoms with Gasteiger partial charge in [-0.2, -0.15) is 5.10 Å². The van der Waals surface area contributed by atoms with E-state index in [4.69, 9.17) is 9.84 Å². The van der Waals surface area contributed by atoms with Crippen LogP contribution in [0.25, 0.3) is 0 Å². The topological polar surface area (TPSA) is 95.5 Å². The monoisotopic (exact) mass is 267 g/mol. The quantitative estimate of drug-likeness (QED) is 0.733. The molecule has 0 saturated carbocycles. The zero-order valence-corrected chi connectivity index (χ0v) is 11.0. The molecule has 19 heavy (non-hydrogen) atoms. The Kier molecular flexibility index (Phi) is 3.96. The number of rotatable bonds is 2. The molecule has 1 aliphatic rings. The number of nitrogens with one attached hydrogen (secondary N) is 1. The van der Waals surface area contributed by atoms with Crippen molar-refractivity contribution in [2.24, 2.45) is 0 Å². The number of nitrogens with zero attached hydrogens (tertiary/aromatic N) is 2. The maximum Gasteiger partial charge on any atom is 0.277 e. The van der Waals surface area contributed by atoms with E-state index < -0.39 is 5.56 Å². The highest BCUT2D eigenvalue weighted by Crippen LogP contribution is 2.12. The fraction of sp³-hybridized carbons (Fsp3) is 0.583. The molecule has 0 bridgehead atoms. The molecule has 0 aromatic carbocycles. The predicted molar refractivity (Wildman–Crippen MR) is 67.1 cm³/mol. The zero-order chi connectivity index (χ0) is 14.0. The van der Waals surface area contributed by atoms with Crippen LogP contribution in [0.3, 0.4) is 0 Å². The first-order chi connectivity index (χ1) is 9.04. The molecule has 1 aliphatic heterocycles. The summed E-state index contributed by atoms with van der Waals surface area (Å²) in [7, 11) is 0. The van der Waals surface area contributed by atoms with Crippen LogP contribution in [0.4, 0.5) is 0 Å². The number of ether oxygens (including phenoxy) is 1. The predicted octanol–water partition coefficient (Wildman–Crippen LogP) is -0.780. The van der Waals surface area contributed by atoms with Crippen LogP contribution in [-0.2, 0) is 4.74 Å². The van der Waals surface area contributed by atoms with Crippen molar-refractivity contribution in [1.82, 2.24) is 15.1 Å². The van der Waals surface area contributed by atoms with Gasteiger partial charge in [0.2, 0.25) is 0 Å². The summed E-state index contributed by atoms with van der Waals surface area (Å²) in [4.78, 5) is 25.7. The number of amides is 1. The third-order valence-corrected chi connectivity index (χ3v) is 3.31. The summed E-state index contributed by atoms with van der Waals surface area (Å²) in [5.41, 5.74) is 0.835. The minimum absolute atomic E-state index is 0.117. The van der Waals surface area contributed by atoms with Crippen LogP contribution in [0.15, 0.2) is 4.79 Å². The number of carbonyl (C=O) groups excluding carboxylic acids is 1. The van der Waals surface area contributed by atoms with Gasteiger partial charge in [-0.15, -0.1) is 0 Å². The Morgan fingerprint density at radius 2 is 2.32 bits per heavy atom. The van der Waals surface area contributed by atoms with Crippen molar-refractivity contribution in [3.8, 4) is 0 Å². The molecule has 2 rings (SSSR count). The first-order valence-corrected chi connectivity index (χ1v) is 6.12. The number of hydrogen-bond acceptors (Lipinski definition) is 5. The molecule has 2 N–H and O–H groups in total. The van der Waals surface area contributed by atoms with Gasteiger partial charge in [-0.1, -0.05) is 0 Å². The molecule has 7 nitrogen and oxygen atoms in total. The lowest BCUT2D eigenvalue weighted by Gasteiger charge is -2.32. The Balaban J connectivity index is 2.29. The van der Waals surface area contributed by atoms with E-state index in [2.05, 4.69) is 10.2 Å². The number of aromatic amines is 1. The Morgan fingerprint density at radius 1 is 1.58 bits per heavy atom. The highest BCUT2D eigenvalue weighted by Gasteiger charge is 2.27. The normalized spacial score (nSPS) is 19.5. The fourth-order valence-electron chi connectivity index (χ4n) is 2.06. The maximum atomic E-state index is 12.4. The summed E-state index contributed by atoms with van der Waals surface area (Å²) < 4.78 is 5.29. The zero-order valence-electron chi connectivity index (χ0n) is 11.0. The van der Waals surface area contributed by atoms with Gasteiger partial charge in [-0.05, 0) is 19.4 Å². The highest BCUT2D eigenvalue weighted by atomic mass is 16.5. The van der Waals surface area contributed by atoms with Crippen molar-refractivity contribution in [3.63, 3.8) is 0 Å². The molecule has 1 amide bonds. The lowest BCUT2D eigenvalue weighted by atomic mass is 10.1. The van der Waals surface area contributed by atoms with Gasteiger partial charge in [0.05, 0.1) is 25.0 Å². The summed E-state index contributed by atoms with van der Waals surface area (Å²) in [6.45, 7) is 4.35. The highest BCUT2D eigenvalue weighted by molar-refractivity contribution is 5.95. The molecule has 1 unspecified atom stereocenters. The van der Waals surface area contributed by atoms with Crippen LogP contribution in [-0.4, -0.2) is 58.5 Å². The van der Waals surface area contributed by atoms with Crippen molar-refractivity contribution < 1.29 is 14.6 Å². The third kappa shape index (κ3) is 2.66. The van der Waals surface area contributed by atoms with E-state index >= 15 is 0 Å². The van der Waals surface area contributed by atoms with Gasteiger partial charge in [0, 0.05) is 13.1 Å². The van der Waals surface area contributed by atoms with Gasteiger partial charge in [-0.25, -0.2) is 5.10 Å². The van der Waals surface area contributed by atoms with E-state index in [0.717, 1.165) is 0 Å². The largest absolute Gasteiger partial charge is 0.394 e. The Morgan fingerprint density at radius 3 is 3.00 bits per heavy atom. The van der Waals surface area contributed by atoms with Crippen LogP contribution in [0.1, 0.15) is 21.6 Å². The average molecular weight is 267 g/mol. The van der Waals surface area contributed by atoms with Gasteiger partial charge in [0.25, 0.3) is 11.5 Å². The molecule has 1 saturated heterocycles. The minimum atomic E-state index is -0.486. The SMILES string of the molecule is Cc1n[nH]c(=O)c(C(=O)N2CCOC(CO)C2)c1C. The molecule has 7 heteroatoms. The van der Waals surface area contributed by atoms with E-state index in [1.54, 1.807) is 13.8 Å². The van der Waals surface area contributed by atoms with Crippen molar-refractivity contribution in [3.05, 3.63) is 27.2 Å². The Bertz CT molecular complexity index is 540. The van der Waals surface area contributed by atoms with Crippen molar-refractivity contribution in [2.75, 3.05) is 26.3 Å². The summed E-state index contributed by atoms with van der Waals surface area (Å²) in [5.74, 6) is -0.342. The van der Waals surface area contributed by atoms with E-state index in [0.29, 0.717) is 24.4 Å². The van der Waals surface area contributed by atoms with E-state index in [1.807, 2.05) is 0 Å². The second-order valence-electron chi connectivity index (χ2n) is 4.56. The maximum absolute atomic E-state index is 12.4. The lowest BCUT2D eigenvalue weighted by molar-refractivity contribution is -0.0448. The number of aryl methyl sites for hydroxylation is 1. The fourth-order valence-corrected chi connectivity index (χ4v) is 2.06. The molecule has 2 heterocycles. The molecule has 104 valence electrons. The van der Waals surface area contributed by atoms with Crippen LogP contribution in [0.2, 0.25) is 0 Å². The van der Waals surface area contributed by atoms with E-state index in [-0.39, 0.29) is 30.7 Å². The molecule has 1 aromatic heterocycles. The Hall–Kier alpha value is -1.73. The van der Waals surface area contributed by atoms with Crippen LogP contribution >= 0.6 is 0 Å². The molecule has 1 fully saturated rings. The number of hydrogen-bond donors (Lipinski definition) is 2. The number of H-pyrrole nitrogens is 1. The number of aliphatic hydroxyl groups is 1. The molecular weight excluding hydrogens is 250 g/mol. The van der Waals surface area contributed by atoms with Gasteiger partial charge in [0.1, 0.15) is 5.56 Å². The second-order valence-corrected chi connectivity index (χ2v) is 4.56. The van der Waals surface area contributed by atoms with Crippen LogP contribution < -0.4 is 5.56 Å². The summed E-state index contributed by atoms with van der Waals surface area (Å²) in [6.07, 6.45) is -0.389. The van der Waals surface area contributed by atoms with E-state index in [9.17, 15) is 9.59 Å². The van der Waals surface area contributed by atoms with Gasteiger partial charge < -0.3 is 14.7 Å². The standard InChI is InChI=1S/C12H17N3O4/c1-7-8(2)13-14-11(17)10(7)12(18)15-3-4-19-9(5-15)6-16/h9,16H,3-6H2,1-2H3,(H,14,17). The molecule has 0 aliphatic carbocycles. The van der Waals surface area contributed by atoms with Crippen molar-refractivity contribution in [1.29, 1.82) is 0 Å². The molecule has 1 aromatic rings. The average Bonchev–Trinajstić information content (AvgIpc) is 2.43. The Labute approximate surface area is 110 Å². The summed E-state index contributed by atoms with van der Waals surface area (Å²) >= 11 is 0. The summed E-state index contributed by atoms with van der Waals surface area (Å²) in [6, 6.07) is 0. The van der Waals surface area contributed by atoms with E-state index in [1.165, 1.54) is 4.90 Å². The number of aliphatic hydroxyl groups excluding tert-OH is 1. The van der Waals surface area contributed by atoms with Gasteiger partial charge in [-0.3, -0.25) is 9.59 Å². The number of carbonyl (C=O) groups is 1. The van der Waals surface area contributed by atoms with Crippen LogP contribution in [0.5, 0.6) is 0 Å². The smallest absolute Gasteiger partial charge is 0.277 e. The molecule has 1 atom stereocenters. The number of aromatic nitrogens is 2. The van der Waals surface area contributed by atoms with Gasteiger partial charge >= 0.3 is 0 Å². The summed E-state index contributed by atoms with van der Waals surface area (Å²) in [5, 5.41) is 15.2. The number of morpholine rings is 1. The van der Waals surface area contributed by atoms with Crippen LogP contribution in [0, 0.1) is 13.8 Å². The van der Waals surface area contributed by atoms with Gasteiger partial charge in [0.15, 0.2) is 0 Å². The molecule has 0 spiro atoms. The van der Waals surface area contributed by atoms with Crippen molar-refractivity contribution in [2.45, 2.75) is 20.0 Å². The minimum Gasteiger partial charge on any atom is -0.394 e.